The summed E-state index contributed by atoms with van der Waals surface area (Å²) in [5, 5.41) is 0.245. The molecule has 1 fully saturated rings. The second-order valence-corrected chi connectivity index (χ2v) is 6.97. The van der Waals surface area contributed by atoms with Crippen molar-refractivity contribution in [2.75, 3.05) is 0 Å². The molecule has 0 atom stereocenters. The topological polar surface area (TPSA) is 119 Å². The van der Waals surface area contributed by atoms with Gasteiger partial charge in [0.2, 0.25) is 10.0 Å². The first-order valence-corrected chi connectivity index (χ1v) is 6.91. The van der Waals surface area contributed by atoms with E-state index in [0.717, 1.165) is 5.01 Å². The normalized spacial score (nSPS) is 16.2. The summed E-state index contributed by atoms with van der Waals surface area (Å²) in [6.07, 6.45) is -1.34. The van der Waals surface area contributed by atoms with Crippen LogP contribution in [0.4, 0.5) is 9.59 Å². The molecule has 0 aromatic heterocycles. The van der Waals surface area contributed by atoms with E-state index in [4.69, 9.17) is 5.73 Å². The second-order valence-electron chi connectivity index (χ2n) is 5.03. The highest BCUT2D eigenvalue weighted by molar-refractivity contribution is 7.90. The van der Waals surface area contributed by atoms with Crippen molar-refractivity contribution in [3.05, 3.63) is 0 Å². The average Bonchev–Trinajstić information content (AvgIpc) is 2.93. The minimum absolute atomic E-state index is 0.497. The zero-order valence-corrected chi connectivity index (χ0v) is 11.3. The first-order valence-electron chi connectivity index (χ1n) is 5.37. The maximum absolute atomic E-state index is 11.8. The van der Waals surface area contributed by atoms with E-state index >= 15 is 0 Å². The monoisotopic (exact) mass is 279 g/mol. The summed E-state index contributed by atoms with van der Waals surface area (Å²) in [6.45, 7) is 4.76. The Bertz CT molecular complexity index is 449. The van der Waals surface area contributed by atoms with Crippen molar-refractivity contribution < 1.29 is 22.7 Å². The third-order valence-corrected chi connectivity index (χ3v) is 4.01. The van der Waals surface area contributed by atoms with Gasteiger partial charge in [0.25, 0.3) is 0 Å². The molecule has 0 bridgehead atoms. The second kappa shape index (κ2) is 4.73. The molecule has 0 saturated heterocycles. The number of carbonyl (C=O) groups is 2. The highest BCUT2D eigenvalue weighted by Crippen LogP contribution is 2.28. The Morgan fingerprint density at radius 1 is 1.33 bits per heavy atom. The molecule has 18 heavy (non-hydrogen) atoms. The number of nitrogens with one attached hydrogen (secondary N) is 1. The van der Waals surface area contributed by atoms with Gasteiger partial charge in [-0.05, 0) is 33.6 Å². The lowest BCUT2D eigenvalue weighted by Gasteiger charge is -2.33. The molecule has 1 aliphatic rings. The van der Waals surface area contributed by atoms with Crippen LogP contribution in [0.5, 0.6) is 0 Å². The maximum atomic E-state index is 11.8. The Labute approximate surface area is 105 Å². The highest BCUT2D eigenvalue weighted by Gasteiger charge is 2.40. The first kappa shape index (κ1) is 14.7. The number of hydrazine groups is 1. The van der Waals surface area contributed by atoms with Crippen molar-refractivity contribution in [2.45, 2.75) is 44.4 Å². The SMILES string of the molecule is CC(C)(C)N(NS(=O)(=O)C1CC1)C(=O)OC(N)=O. The van der Waals surface area contributed by atoms with Gasteiger partial charge in [0, 0.05) is 0 Å². The third-order valence-electron chi connectivity index (χ3n) is 2.22. The summed E-state index contributed by atoms with van der Waals surface area (Å²) in [5.74, 6) is 0. The number of carbonyl (C=O) groups excluding carboxylic acids is 2. The van der Waals surface area contributed by atoms with E-state index in [1.165, 1.54) is 0 Å². The molecule has 0 heterocycles. The van der Waals surface area contributed by atoms with Gasteiger partial charge in [-0.2, -0.15) is 0 Å². The van der Waals surface area contributed by atoms with Crippen LogP contribution in [0.25, 0.3) is 0 Å². The number of sulfonamides is 1. The van der Waals surface area contributed by atoms with Gasteiger partial charge in [-0.1, -0.05) is 0 Å². The Kier molecular flexibility index (Phi) is 3.86. The molecule has 8 nitrogen and oxygen atoms in total. The van der Waals surface area contributed by atoms with Crippen LogP contribution in [-0.4, -0.2) is 36.4 Å². The molecule has 9 heteroatoms. The number of nitrogens with zero attached hydrogens (tertiary/aromatic N) is 1. The van der Waals surface area contributed by atoms with Crippen molar-refractivity contribution in [3.8, 4) is 0 Å². The number of hydrogen-bond acceptors (Lipinski definition) is 5. The van der Waals surface area contributed by atoms with Gasteiger partial charge in [0.15, 0.2) is 0 Å². The van der Waals surface area contributed by atoms with Gasteiger partial charge in [-0.15, -0.1) is 4.83 Å². The fourth-order valence-electron chi connectivity index (χ4n) is 1.16. The predicted octanol–water partition coefficient (Wildman–Crippen LogP) is 0.299. The average molecular weight is 279 g/mol. The third kappa shape index (κ3) is 3.84. The quantitative estimate of drug-likeness (QED) is 0.569. The van der Waals surface area contributed by atoms with Gasteiger partial charge in [0.05, 0.1) is 10.8 Å². The number of rotatable bonds is 3. The highest BCUT2D eigenvalue weighted by atomic mass is 32.2. The van der Waals surface area contributed by atoms with Crippen LogP contribution in [0.15, 0.2) is 0 Å². The van der Waals surface area contributed by atoms with Crippen molar-refractivity contribution >= 4 is 22.2 Å². The molecule has 3 N–H and O–H groups in total. The number of hydrogen-bond donors (Lipinski definition) is 2. The molecule has 1 rings (SSSR count). The van der Waals surface area contributed by atoms with Crippen LogP contribution in [-0.2, 0) is 14.8 Å². The molecular weight excluding hydrogens is 262 g/mol. The number of nitrogens with two attached hydrogens (primary N) is 1. The molecule has 0 aromatic rings. The molecule has 0 unspecified atom stereocenters. The van der Waals surface area contributed by atoms with Crippen LogP contribution in [0.3, 0.4) is 0 Å². The molecule has 2 amide bonds. The zero-order valence-electron chi connectivity index (χ0n) is 10.5. The molecule has 1 saturated carbocycles. The summed E-state index contributed by atoms with van der Waals surface area (Å²) >= 11 is 0. The molecular formula is C9H17N3O5S. The lowest BCUT2D eigenvalue weighted by molar-refractivity contribution is 0.0751. The Morgan fingerprint density at radius 2 is 1.83 bits per heavy atom. The van der Waals surface area contributed by atoms with Crippen molar-refractivity contribution in [1.82, 2.24) is 9.84 Å². The van der Waals surface area contributed by atoms with E-state index in [-0.39, 0.29) is 0 Å². The summed E-state index contributed by atoms with van der Waals surface area (Å²) in [6, 6.07) is 0. The predicted molar refractivity (Wildman–Crippen MR) is 62.7 cm³/mol. The fourth-order valence-corrected chi connectivity index (χ4v) is 2.67. The van der Waals surface area contributed by atoms with Gasteiger partial charge >= 0.3 is 12.2 Å². The maximum Gasteiger partial charge on any atom is 0.434 e. The van der Waals surface area contributed by atoms with Crippen LogP contribution in [0.1, 0.15) is 33.6 Å². The summed E-state index contributed by atoms with van der Waals surface area (Å²) < 4.78 is 27.7. The number of primary amides is 1. The lowest BCUT2D eigenvalue weighted by Crippen LogP contribution is -2.57. The largest absolute Gasteiger partial charge is 0.434 e. The lowest BCUT2D eigenvalue weighted by atomic mass is 10.1. The van der Waals surface area contributed by atoms with Crippen molar-refractivity contribution in [3.63, 3.8) is 0 Å². The van der Waals surface area contributed by atoms with E-state index in [1.807, 2.05) is 0 Å². The van der Waals surface area contributed by atoms with E-state index in [0.29, 0.717) is 12.8 Å². The van der Waals surface area contributed by atoms with E-state index < -0.39 is 33.0 Å². The number of ether oxygens (including phenoxy) is 1. The zero-order chi connectivity index (χ0) is 14.1. The summed E-state index contributed by atoms with van der Waals surface area (Å²) in [7, 11) is -3.63. The van der Waals surface area contributed by atoms with E-state index in [9.17, 15) is 18.0 Å². The van der Waals surface area contributed by atoms with Crippen molar-refractivity contribution in [1.29, 1.82) is 0 Å². The van der Waals surface area contributed by atoms with Crippen LogP contribution >= 0.6 is 0 Å². The minimum atomic E-state index is -3.63. The number of amides is 2. The summed E-state index contributed by atoms with van der Waals surface area (Å²) in [4.78, 5) is 24.2. The molecule has 0 aromatic carbocycles. The fraction of sp³-hybridized carbons (Fsp3) is 0.778. The smallest absolute Gasteiger partial charge is 0.358 e. The van der Waals surface area contributed by atoms with Crippen LogP contribution in [0.2, 0.25) is 0 Å². The van der Waals surface area contributed by atoms with E-state index in [1.54, 1.807) is 20.8 Å². The van der Waals surface area contributed by atoms with Crippen LogP contribution in [0, 0.1) is 0 Å². The Balaban J connectivity index is 2.86. The molecule has 0 radical (unpaired) electrons. The minimum Gasteiger partial charge on any atom is -0.358 e. The Morgan fingerprint density at radius 3 is 2.17 bits per heavy atom. The first-order chi connectivity index (χ1) is 8.04. The van der Waals surface area contributed by atoms with Gasteiger partial charge in [-0.3, -0.25) is 0 Å². The van der Waals surface area contributed by atoms with Gasteiger partial charge in [0.1, 0.15) is 0 Å². The van der Waals surface area contributed by atoms with Crippen molar-refractivity contribution in [2.24, 2.45) is 5.73 Å². The summed E-state index contributed by atoms with van der Waals surface area (Å²) in [5.41, 5.74) is 3.83. The molecule has 0 aliphatic heterocycles. The van der Waals surface area contributed by atoms with Gasteiger partial charge in [-0.25, -0.2) is 23.0 Å². The van der Waals surface area contributed by atoms with E-state index in [2.05, 4.69) is 9.57 Å². The van der Waals surface area contributed by atoms with Gasteiger partial charge < -0.3 is 10.5 Å². The standard InChI is InChI=1S/C9H17N3O5S/c1-9(2,3)12(8(14)17-7(10)13)11-18(15,16)6-4-5-6/h6,11H,4-5H2,1-3H3,(H2,10,13). The van der Waals surface area contributed by atoms with Crippen LogP contribution < -0.4 is 10.6 Å². The molecule has 1 aliphatic carbocycles. The Hall–Kier alpha value is -1.35. The molecule has 0 spiro atoms. The molecule has 104 valence electrons.